The lowest BCUT2D eigenvalue weighted by atomic mass is 10.1. The van der Waals surface area contributed by atoms with Crippen molar-refractivity contribution in [3.8, 4) is 0 Å². The number of hydrogen-bond donors (Lipinski definition) is 1. The highest BCUT2D eigenvalue weighted by atomic mass is 32.2. The third-order valence-corrected chi connectivity index (χ3v) is 6.39. The molecule has 1 N–H and O–H groups in total. The smallest absolute Gasteiger partial charge is 0.183 e. The summed E-state index contributed by atoms with van der Waals surface area (Å²) in [4.78, 5) is 0. The van der Waals surface area contributed by atoms with Crippen molar-refractivity contribution < 1.29 is 9.53 Å². The van der Waals surface area contributed by atoms with Crippen molar-refractivity contribution in [1.82, 2.24) is 0 Å². The Balaban J connectivity index is 3.15. The predicted molar refractivity (Wildman–Crippen MR) is 114 cm³/mol. The van der Waals surface area contributed by atoms with Gasteiger partial charge in [-0.15, -0.1) is 0 Å². The fourth-order valence-electron chi connectivity index (χ4n) is 2.66. The molecular weight excluding hydrogens is 332 g/mol. The normalized spacial score (nSPS) is 13.4. The zero-order valence-electron chi connectivity index (χ0n) is 16.9. The minimum absolute atomic E-state index is 0.293. The largest absolute Gasteiger partial charge is 0.415 e. The molecule has 0 aromatic heterocycles. The van der Waals surface area contributed by atoms with E-state index < -0.39 is 8.32 Å². The third-order valence-electron chi connectivity index (χ3n) is 4.16. The number of thioether (sulfide) groups is 1. The zero-order chi connectivity index (χ0) is 18.1. The van der Waals surface area contributed by atoms with Crippen molar-refractivity contribution >= 4 is 20.1 Å². The van der Waals surface area contributed by atoms with Crippen LogP contribution in [-0.4, -0.2) is 37.6 Å². The summed E-state index contributed by atoms with van der Waals surface area (Å²) < 4.78 is 5.74. The molecule has 1 atom stereocenters. The van der Waals surface area contributed by atoms with Gasteiger partial charge in [-0.2, -0.15) is 11.8 Å². The SMILES string of the molecule is CCCCCCCCCCCCCCSC[C@H](O)CO[Si](C)(C)C. The van der Waals surface area contributed by atoms with Gasteiger partial charge in [0.2, 0.25) is 0 Å². The maximum absolute atomic E-state index is 9.88. The number of unbranched alkanes of at least 4 members (excludes halogenated alkanes) is 11. The van der Waals surface area contributed by atoms with Crippen molar-refractivity contribution in [2.24, 2.45) is 0 Å². The van der Waals surface area contributed by atoms with Gasteiger partial charge in [0, 0.05) is 5.75 Å². The van der Waals surface area contributed by atoms with Crippen LogP contribution in [0, 0.1) is 0 Å². The van der Waals surface area contributed by atoms with E-state index in [1.54, 1.807) is 0 Å². The molecule has 0 saturated carbocycles. The van der Waals surface area contributed by atoms with Crippen LogP contribution in [-0.2, 0) is 4.43 Å². The minimum atomic E-state index is -1.48. The summed E-state index contributed by atoms with van der Waals surface area (Å²) in [6.07, 6.45) is 16.5. The Kier molecular flexibility index (Phi) is 17.3. The molecule has 0 saturated heterocycles. The Labute approximate surface area is 157 Å². The van der Waals surface area contributed by atoms with Gasteiger partial charge in [-0.25, -0.2) is 0 Å². The van der Waals surface area contributed by atoms with E-state index in [4.69, 9.17) is 4.43 Å². The lowest BCUT2D eigenvalue weighted by Gasteiger charge is -2.19. The summed E-state index contributed by atoms with van der Waals surface area (Å²) in [6.45, 7) is 9.29. The molecule has 0 aliphatic heterocycles. The first-order valence-corrected chi connectivity index (χ1v) is 14.9. The van der Waals surface area contributed by atoms with Crippen LogP contribution in [0.15, 0.2) is 0 Å². The Morgan fingerprint density at radius 3 is 1.71 bits per heavy atom. The van der Waals surface area contributed by atoms with Crippen LogP contribution in [0.3, 0.4) is 0 Å². The Bertz CT molecular complexity index is 257. The van der Waals surface area contributed by atoms with Crippen LogP contribution in [0.1, 0.15) is 84.0 Å². The second kappa shape index (κ2) is 16.9. The van der Waals surface area contributed by atoms with E-state index in [9.17, 15) is 5.11 Å². The molecular formula is C20H44O2SSi. The predicted octanol–water partition coefficient (Wildman–Crippen LogP) is 6.63. The molecule has 2 nitrogen and oxygen atoms in total. The summed E-state index contributed by atoms with van der Waals surface area (Å²) in [5.41, 5.74) is 0. The van der Waals surface area contributed by atoms with Crippen molar-refractivity contribution in [3.63, 3.8) is 0 Å². The Hall–Kier alpha value is 0.487. The molecule has 0 aromatic carbocycles. The van der Waals surface area contributed by atoms with E-state index in [0.29, 0.717) is 6.61 Å². The molecule has 0 heterocycles. The number of aliphatic hydroxyl groups is 1. The molecule has 0 aromatic rings. The topological polar surface area (TPSA) is 29.5 Å². The lowest BCUT2D eigenvalue weighted by molar-refractivity contribution is 0.122. The summed E-state index contributed by atoms with van der Waals surface area (Å²) >= 11 is 1.88. The highest BCUT2D eigenvalue weighted by molar-refractivity contribution is 7.99. The zero-order valence-corrected chi connectivity index (χ0v) is 18.8. The van der Waals surface area contributed by atoms with Gasteiger partial charge < -0.3 is 9.53 Å². The second-order valence-electron chi connectivity index (χ2n) is 8.04. The van der Waals surface area contributed by atoms with E-state index in [1.165, 1.54) is 82.8 Å². The van der Waals surface area contributed by atoms with E-state index >= 15 is 0 Å². The number of rotatable bonds is 18. The van der Waals surface area contributed by atoms with Gasteiger partial charge in [-0.1, -0.05) is 77.6 Å². The molecule has 0 unspecified atom stereocenters. The summed E-state index contributed by atoms with van der Waals surface area (Å²) in [5.74, 6) is 2.00. The molecule has 0 bridgehead atoms. The van der Waals surface area contributed by atoms with E-state index in [2.05, 4.69) is 26.6 Å². The first kappa shape index (κ1) is 24.5. The summed E-state index contributed by atoms with van der Waals surface area (Å²) in [7, 11) is -1.48. The summed E-state index contributed by atoms with van der Waals surface area (Å²) in [6, 6.07) is 0. The first-order valence-electron chi connectivity index (χ1n) is 10.4. The van der Waals surface area contributed by atoms with Crippen molar-refractivity contribution in [2.75, 3.05) is 18.1 Å². The maximum atomic E-state index is 9.88. The van der Waals surface area contributed by atoms with Gasteiger partial charge in [0.25, 0.3) is 0 Å². The van der Waals surface area contributed by atoms with Gasteiger partial charge in [0.05, 0.1) is 12.7 Å². The fraction of sp³-hybridized carbons (Fsp3) is 1.00. The van der Waals surface area contributed by atoms with Gasteiger partial charge in [-0.3, -0.25) is 0 Å². The molecule has 0 aliphatic carbocycles. The van der Waals surface area contributed by atoms with Crippen LogP contribution in [0.2, 0.25) is 19.6 Å². The molecule has 0 amide bonds. The van der Waals surface area contributed by atoms with E-state index in [1.807, 2.05) is 11.8 Å². The maximum Gasteiger partial charge on any atom is 0.183 e. The monoisotopic (exact) mass is 376 g/mol. The van der Waals surface area contributed by atoms with Gasteiger partial charge in [-0.05, 0) is 31.8 Å². The highest BCUT2D eigenvalue weighted by Crippen LogP contribution is 2.14. The average Bonchev–Trinajstić information content (AvgIpc) is 2.52. The number of hydrogen-bond acceptors (Lipinski definition) is 3. The first-order chi connectivity index (χ1) is 11.5. The fourth-order valence-corrected chi connectivity index (χ4v) is 4.29. The number of aliphatic hydroxyl groups excluding tert-OH is 1. The Morgan fingerprint density at radius 2 is 1.25 bits per heavy atom. The van der Waals surface area contributed by atoms with E-state index in [-0.39, 0.29) is 6.10 Å². The average molecular weight is 377 g/mol. The lowest BCUT2D eigenvalue weighted by Crippen LogP contribution is -2.31. The molecule has 0 fully saturated rings. The molecule has 24 heavy (non-hydrogen) atoms. The van der Waals surface area contributed by atoms with Crippen molar-refractivity contribution in [3.05, 3.63) is 0 Å². The van der Waals surface area contributed by atoms with Crippen LogP contribution in [0.25, 0.3) is 0 Å². The standard InChI is InChI=1S/C20H44O2SSi/c1-5-6-7-8-9-10-11-12-13-14-15-16-17-23-19-20(21)18-22-24(2,3)4/h20-21H,5-19H2,1-4H3/t20-/m1/s1. The van der Waals surface area contributed by atoms with E-state index in [0.717, 1.165) is 5.75 Å². The second-order valence-corrected chi connectivity index (χ2v) is 13.7. The summed E-state index contributed by atoms with van der Waals surface area (Å²) in [5, 5.41) is 9.88. The van der Waals surface area contributed by atoms with Crippen LogP contribution >= 0.6 is 11.8 Å². The Morgan fingerprint density at radius 1 is 0.792 bits per heavy atom. The van der Waals surface area contributed by atoms with Gasteiger partial charge >= 0.3 is 0 Å². The molecule has 146 valence electrons. The van der Waals surface area contributed by atoms with Crippen LogP contribution < -0.4 is 0 Å². The third kappa shape index (κ3) is 20.5. The molecule has 0 spiro atoms. The minimum Gasteiger partial charge on any atom is -0.415 e. The van der Waals surface area contributed by atoms with Gasteiger partial charge in [0.1, 0.15) is 0 Å². The quantitative estimate of drug-likeness (QED) is 0.215. The van der Waals surface area contributed by atoms with Crippen molar-refractivity contribution in [2.45, 2.75) is 110 Å². The van der Waals surface area contributed by atoms with Crippen LogP contribution in [0.4, 0.5) is 0 Å². The molecule has 4 heteroatoms. The molecule has 0 rings (SSSR count). The molecule has 0 radical (unpaired) electrons. The molecule has 0 aliphatic rings. The van der Waals surface area contributed by atoms with Crippen molar-refractivity contribution in [1.29, 1.82) is 0 Å². The van der Waals surface area contributed by atoms with Gasteiger partial charge in [0.15, 0.2) is 8.32 Å². The highest BCUT2D eigenvalue weighted by Gasteiger charge is 2.16. The van der Waals surface area contributed by atoms with Crippen LogP contribution in [0.5, 0.6) is 0 Å².